The normalized spacial score (nSPS) is 12.1. The van der Waals surface area contributed by atoms with Gasteiger partial charge in [0.05, 0.1) is 15.6 Å². The van der Waals surface area contributed by atoms with E-state index < -0.39 is 28.5 Å². The van der Waals surface area contributed by atoms with Gasteiger partial charge >= 0.3 is 0 Å². The lowest BCUT2D eigenvalue weighted by Crippen LogP contribution is -2.52. The molecule has 0 saturated heterocycles. The van der Waals surface area contributed by atoms with E-state index in [1.165, 1.54) is 41.3 Å². The second-order valence-electron chi connectivity index (χ2n) is 8.89. The highest BCUT2D eigenvalue weighted by Gasteiger charge is 2.34. The molecule has 0 heterocycles. The van der Waals surface area contributed by atoms with Crippen LogP contribution < -0.4 is 9.62 Å². The van der Waals surface area contributed by atoms with Gasteiger partial charge in [-0.3, -0.25) is 13.9 Å². The van der Waals surface area contributed by atoms with Crippen molar-refractivity contribution in [2.24, 2.45) is 0 Å². The lowest BCUT2D eigenvalue weighted by molar-refractivity contribution is -0.140. The van der Waals surface area contributed by atoms with Crippen LogP contribution in [-0.4, -0.2) is 44.3 Å². The van der Waals surface area contributed by atoms with E-state index in [-0.39, 0.29) is 39.5 Å². The number of benzene rings is 3. The molecule has 0 fully saturated rings. The first-order valence-electron chi connectivity index (χ1n) is 12.5. The summed E-state index contributed by atoms with van der Waals surface area (Å²) in [5.74, 6) is -0.999. The number of nitrogens with zero attached hydrogens (tertiary/aromatic N) is 2. The molecule has 0 spiro atoms. The molecule has 40 heavy (non-hydrogen) atoms. The van der Waals surface area contributed by atoms with E-state index in [9.17, 15) is 18.0 Å². The van der Waals surface area contributed by atoms with E-state index in [4.69, 9.17) is 46.4 Å². The molecule has 7 nitrogen and oxygen atoms in total. The predicted octanol–water partition coefficient (Wildman–Crippen LogP) is 6.83. The first-order valence-corrected chi connectivity index (χ1v) is 15.5. The number of rotatable bonds is 12. The minimum absolute atomic E-state index is 0.0272. The zero-order valence-electron chi connectivity index (χ0n) is 21.9. The van der Waals surface area contributed by atoms with Gasteiger partial charge in [0, 0.05) is 28.2 Å². The third-order valence-corrected chi connectivity index (χ3v) is 8.99. The predicted molar refractivity (Wildman–Crippen MR) is 162 cm³/mol. The van der Waals surface area contributed by atoms with Crippen LogP contribution in [0.3, 0.4) is 0 Å². The number of hydrogen-bond donors (Lipinski definition) is 1. The molecule has 0 saturated carbocycles. The average Bonchev–Trinajstić information content (AvgIpc) is 2.93. The fraction of sp³-hybridized carbons (Fsp3) is 0.286. The molecule has 214 valence electrons. The first-order chi connectivity index (χ1) is 19.0. The Labute approximate surface area is 255 Å². The standard InChI is InChI=1S/C28H29Cl4N3O4S/c1-3-14-33-28(37)25(4-2)34(17-19-10-11-20(29)15-24(19)32)27(36)18-35(26-16-21(30)12-13-23(26)31)40(38,39)22-8-6-5-7-9-22/h5-13,15-16,25H,3-4,14,17-18H2,1-2H3,(H,33,37). The van der Waals surface area contributed by atoms with E-state index in [1.807, 2.05) is 6.92 Å². The van der Waals surface area contributed by atoms with Crippen LogP contribution in [0.2, 0.25) is 20.1 Å². The quantitative estimate of drug-likeness (QED) is 0.234. The lowest BCUT2D eigenvalue weighted by atomic mass is 10.1. The Hall–Kier alpha value is -2.49. The Morgan fingerprint density at radius 1 is 0.875 bits per heavy atom. The molecule has 0 bridgehead atoms. The van der Waals surface area contributed by atoms with Crippen LogP contribution in [-0.2, 0) is 26.2 Å². The third-order valence-electron chi connectivity index (χ3n) is 6.08. The number of carbonyl (C=O) groups excluding carboxylic acids is 2. The van der Waals surface area contributed by atoms with Crippen molar-refractivity contribution in [1.82, 2.24) is 10.2 Å². The fourth-order valence-corrected chi connectivity index (χ4v) is 6.38. The van der Waals surface area contributed by atoms with Gasteiger partial charge in [-0.15, -0.1) is 0 Å². The smallest absolute Gasteiger partial charge is 0.264 e. The summed E-state index contributed by atoms with van der Waals surface area (Å²) in [5, 5.41) is 3.86. The Balaban J connectivity index is 2.10. The summed E-state index contributed by atoms with van der Waals surface area (Å²) in [6.45, 7) is 3.39. The molecular formula is C28H29Cl4N3O4S. The SMILES string of the molecule is CCCNC(=O)C(CC)N(Cc1ccc(Cl)cc1Cl)C(=O)CN(c1cc(Cl)ccc1Cl)S(=O)(=O)c1ccccc1. The summed E-state index contributed by atoms with van der Waals surface area (Å²) in [6.07, 6.45) is 0.978. The Bertz CT molecular complexity index is 1460. The zero-order chi connectivity index (χ0) is 29.4. The molecule has 0 aliphatic heterocycles. The zero-order valence-corrected chi connectivity index (χ0v) is 25.8. The minimum atomic E-state index is -4.28. The summed E-state index contributed by atoms with van der Waals surface area (Å²) in [4.78, 5) is 28.5. The van der Waals surface area contributed by atoms with Crippen molar-refractivity contribution in [3.05, 3.63) is 92.4 Å². The van der Waals surface area contributed by atoms with Gasteiger partial charge in [0.15, 0.2) is 0 Å². The van der Waals surface area contributed by atoms with Crippen LogP contribution in [0.15, 0.2) is 71.6 Å². The van der Waals surface area contributed by atoms with E-state index in [0.29, 0.717) is 28.6 Å². The van der Waals surface area contributed by atoms with Crippen molar-refractivity contribution in [2.75, 3.05) is 17.4 Å². The largest absolute Gasteiger partial charge is 0.354 e. The summed E-state index contributed by atoms with van der Waals surface area (Å²) in [6, 6.07) is 15.9. The number of halogens is 4. The molecule has 1 unspecified atom stereocenters. The summed E-state index contributed by atoms with van der Waals surface area (Å²) < 4.78 is 28.6. The maximum Gasteiger partial charge on any atom is 0.264 e. The molecule has 2 amide bonds. The maximum absolute atomic E-state index is 14.1. The van der Waals surface area contributed by atoms with Crippen LogP contribution >= 0.6 is 46.4 Å². The number of hydrogen-bond acceptors (Lipinski definition) is 4. The van der Waals surface area contributed by atoms with Gasteiger partial charge in [0.1, 0.15) is 12.6 Å². The molecule has 3 aromatic carbocycles. The van der Waals surface area contributed by atoms with Crippen molar-refractivity contribution >= 4 is 73.9 Å². The molecule has 1 N–H and O–H groups in total. The molecule has 12 heteroatoms. The second-order valence-corrected chi connectivity index (χ2v) is 12.4. The number of anilines is 1. The van der Waals surface area contributed by atoms with Gasteiger partial charge in [0.2, 0.25) is 11.8 Å². The second kappa shape index (κ2) is 14.4. The Morgan fingerprint density at radius 2 is 1.52 bits per heavy atom. The van der Waals surface area contributed by atoms with Gasteiger partial charge in [-0.05, 0) is 60.9 Å². The molecule has 0 aliphatic rings. The Morgan fingerprint density at radius 3 is 2.15 bits per heavy atom. The van der Waals surface area contributed by atoms with Crippen molar-refractivity contribution in [3.8, 4) is 0 Å². The van der Waals surface area contributed by atoms with Gasteiger partial charge in [-0.2, -0.15) is 0 Å². The van der Waals surface area contributed by atoms with Gasteiger partial charge in [-0.25, -0.2) is 8.42 Å². The number of carbonyl (C=O) groups is 2. The van der Waals surface area contributed by atoms with Crippen LogP contribution in [0, 0.1) is 0 Å². The van der Waals surface area contributed by atoms with Crippen LogP contribution in [0.1, 0.15) is 32.3 Å². The van der Waals surface area contributed by atoms with E-state index >= 15 is 0 Å². The molecule has 3 aromatic rings. The average molecular weight is 645 g/mol. The molecule has 0 aliphatic carbocycles. The number of nitrogens with one attached hydrogen (secondary N) is 1. The van der Waals surface area contributed by atoms with Crippen LogP contribution in [0.5, 0.6) is 0 Å². The maximum atomic E-state index is 14.1. The van der Waals surface area contributed by atoms with Crippen LogP contribution in [0.25, 0.3) is 0 Å². The number of amides is 2. The monoisotopic (exact) mass is 643 g/mol. The first kappa shape index (κ1) is 32.0. The topological polar surface area (TPSA) is 86.8 Å². The molecular weight excluding hydrogens is 616 g/mol. The van der Waals surface area contributed by atoms with Gasteiger partial charge < -0.3 is 10.2 Å². The summed E-state index contributed by atoms with van der Waals surface area (Å²) in [7, 11) is -4.28. The van der Waals surface area contributed by atoms with Crippen molar-refractivity contribution in [1.29, 1.82) is 0 Å². The van der Waals surface area contributed by atoms with E-state index in [1.54, 1.807) is 37.3 Å². The molecule has 0 radical (unpaired) electrons. The lowest BCUT2D eigenvalue weighted by Gasteiger charge is -2.33. The summed E-state index contributed by atoms with van der Waals surface area (Å²) in [5.41, 5.74) is 0.568. The van der Waals surface area contributed by atoms with Gasteiger partial charge in [-0.1, -0.05) is 84.5 Å². The van der Waals surface area contributed by atoms with Crippen molar-refractivity contribution in [3.63, 3.8) is 0 Å². The van der Waals surface area contributed by atoms with E-state index in [0.717, 1.165) is 4.31 Å². The Kier molecular flexibility index (Phi) is 11.5. The molecule has 0 aromatic heterocycles. The van der Waals surface area contributed by atoms with Gasteiger partial charge in [0.25, 0.3) is 10.0 Å². The van der Waals surface area contributed by atoms with Crippen LogP contribution in [0.4, 0.5) is 5.69 Å². The third kappa shape index (κ3) is 7.83. The summed E-state index contributed by atoms with van der Waals surface area (Å²) >= 11 is 25.1. The molecule has 1 atom stereocenters. The molecule has 3 rings (SSSR count). The highest BCUT2D eigenvalue weighted by Crippen LogP contribution is 2.33. The van der Waals surface area contributed by atoms with Crippen molar-refractivity contribution in [2.45, 2.75) is 44.2 Å². The highest BCUT2D eigenvalue weighted by molar-refractivity contribution is 7.92. The fourth-order valence-electron chi connectivity index (χ4n) is 4.03. The van der Waals surface area contributed by atoms with E-state index in [2.05, 4.69) is 5.32 Å². The van der Waals surface area contributed by atoms with Crippen molar-refractivity contribution < 1.29 is 18.0 Å². The number of sulfonamides is 1. The highest BCUT2D eigenvalue weighted by atomic mass is 35.5. The minimum Gasteiger partial charge on any atom is -0.354 e.